The van der Waals surface area contributed by atoms with Crippen LogP contribution in [0.25, 0.3) is 0 Å². The van der Waals surface area contributed by atoms with Gasteiger partial charge < -0.3 is 14.8 Å². The summed E-state index contributed by atoms with van der Waals surface area (Å²) in [4.78, 5) is 11.5. The first-order valence-electron chi connectivity index (χ1n) is 7.12. The van der Waals surface area contributed by atoms with Crippen molar-refractivity contribution in [3.8, 4) is 0 Å². The van der Waals surface area contributed by atoms with Gasteiger partial charge in [-0.25, -0.2) is 0 Å². The molecule has 1 saturated heterocycles. The summed E-state index contributed by atoms with van der Waals surface area (Å²) in [6.07, 6.45) is 3.89. The molecule has 4 heteroatoms. The highest BCUT2D eigenvalue weighted by atomic mass is 16.6. The second kappa shape index (κ2) is 9.34. The zero-order chi connectivity index (χ0) is 13.2. The van der Waals surface area contributed by atoms with E-state index < -0.39 is 0 Å². The van der Waals surface area contributed by atoms with Crippen LogP contribution in [0.3, 0.4) is 0 Å². The van der Waals surface area contributed by atoms with Crippen molar-refractivity contribution in [1.82, 2.24) is 5.32 Å². The molecule has 1 fully saturated rings. The molecule has 1 aliphatic heterocycles. The SMILES string of the molecule is CC(C)COCCOC(=O)CCC1CCNCC1. The van der Waals surface area contributed by atoms with Gasteiger partial charge in [-0.2, -0.15) is 0 Å². The van der Waals surface area contributed by atoms with Gasteiger partial charge in [-0.3, -0.25) is 4.79 Å². The van der Waals surface area contributed by atoms with Crippen molar-refractivity contribution in [3.63, 3.8) is 0 Å². The Morgan fingerprint density at radius 3 is 2.67 bits per heavy atom. The molecule has 1 aliphatic rings. The fraction of sp³-hybridized carbons (Fsp3) is 0.929. The van der Waals surface area contributed by atoms with Gasteiger partial charge in [-0.1, -0.05) is 13.8 Å². The summed E-state index contributed by atoms with van der Waals surface area (Å²) in [5, 5.41) is 3.33. The third-order valence-corrected chi connectivity index (χ3v) is 3.16. The van der Waals surface area contributed by atoms with Gasteiger partial charge in [-0.05, 0) is 44.2 Å². The van der Waals surface area contributed by atoms with Gasteiger partial charge in [0, 0.05) is 13.0 Å². The molecule has 1 rings (SSSR count). The van der Waals surface area contributed by atoms with E-state index in [-0.39, 0.29) is 5.97 Å². The first-order valence-corrected chi connectivity index (χ1v) is 7.12. The average Bonchev–Trinajstić information content (AvgIpc) is 2.37. The molecule has 0 amide bonds. The molecule has 0 aromatic heterocycles. The van der Waals surface area contributed by atoms with Gasteiger partial charge in [0.2, 0.25) is 0 Å². The highest BCUT2D eigenvalue weighted by Crippen LogP contribution is 2.17. The summed E-state index contributed by atoms with van der Waals surface area (Å²) >= 11 is 0. The molecule has 0 aliphatic carbocycles. The van der Waals surface area contributed by atoms with Crippen LogP contribution in [0.15, 0.2) is 0 Å². The second-order valence-electron chi connectivity index (χ2n) is 5.42. The zero-order valence-electron chi connectivity index (χ0n) is 11.7. The van der Waals surface area contributed by atoms with E-state index in [2.05, 4.69) is 19.2 Å². The van der Waals surface area contributed by atoms with Crippen LogP contribution in [-0.2, 0) is 14.3 Å². The fourth-order valence-corrected chi connectivity index (χ4v) is 2.10. The van der Waals surface area contributed by atoms with E-state index in [4.69, 9.17) is 9.47 Å². The number of piperidine rings is 1. The highest BCUT2D eigenvalue weighted by Gasteiger charge is 2.14. The minimum atomic E-state index is -0.0818. The van der Waals surface area contributed by atoms with Gasteiger partial charge in [-0.15, -0.1) is 0 Å². The topological polar surface area (TPSA) is 47.6 Å². The van der Waals surface area contributed by atoms with Crippen LogP contribution < -0.4 is 5.32 Å². The molecular formula is C14H27NO3. The molecule has 106 valence electrons. The van der Waals surface area contributed by atoms with Crippen molar-refractivity contribution in [3.05, 3.63) is 0 Å². The minimum Gasteiger partial charge on any atom is -0.463 e. The Labute approximate surface area is 110 Å². The summed E-state index contributed by atoms with van der Waals surface area (Å²) in [6.45, 7) is 8.00. The molecule has 0 atom stereocenters. The molecule has 0 aromatic carbocycles. The van der Waals surface area contributed by atoms with Crippen LogP contribution in [0.5, 0.6) is 0 Å². The van der Waals surface area contributed by atoms with E-state index in [1.165, 1.54) is 12.8 Å². The van der Waals surface area contributed by atoms with Crippen molar-refractivity contribution in [1.29, 1.82) is 0 Å². The smallest absolute Gasteiger partial charge is 0.305 e. The van der Waals surface area contributed by atoms with Gasteiger partial charge in [0.05, 0.1) is 6.61 Å². The lowest BCUT2D eigenvalue weighted by Gasteiger charge is -2.21. The summed E-state index contributed by atoms with van der Waals surface area (Å²) in [6, 6.07) is 0. The summed E-state index contributed by atoms with van der Waals surface area (Å²) < 4.78 is 10.5. The third kappa shape index (κ3) is 7.67. The molecule has 0 unspecified atom stereocenters. The van der Waals surface area contributed by atoms with Crippen molar-refractivity contribution in [2.75, 3.05) is 32.9 Å². The molecule has 0 bridgehead atoms. The minimum absolute atomic E-state index is 0.0818. The Morgan fingerprint density at radius 2 is 2.00 bits per heavy atom. The number of carbonyl (C=O) groups is 1. The normalized spacial score (nSPS) is 17.1. The van der Waals surface area contributed by atoms with Crippen molar-refractivity contribution in [2.45, 2.75) is 39.5 Å². The number of rotatable bonds is 8. The summed E-state index contributed by atoms with van der Waals surface area (Å²) in [7, 11) is 0. The third-order valence-electron chi connectivity index (χ3n) is 3.16. The summed E-state index contributed by atoms with van der Waals surface area (Å²) in [5.74, 6) is 1.14. The Bertz CT molecular complexity index is 225. The zero-order valence-corrected chi connectivity index (χ0v) is 11.7. The number of ether oxygens (including phenoxy) is 2. The Balaban J connectivity index is 1.93. The lowest BCUT2D eigenvalue weighted by Crippen LogP contribution is -2.28. The number of esters is 1. The average molecular weight is 257 g/mol. The van der Waals surface area contributed by atoms with E-state index in [0.717, 1.165) is 26.1 Å². The van der Waals surface area contributed by atoms with E-state index in [0.29, 0.717) is 31.5 Å². The standard InChI is InChI=1S/C14H27NO3/c1-12(2)11-17-9-10-18-14(16)4-3-13-5-7-15-8-6-13/h12-13,15H,3-11H2,1-2H3. The first-order chi connectivity index (χ1) is 8.68. The fourth-order valence-electron chi connectivity index (χ4n) is 2.10. The lowest BCUT2D eigenvalue weighted by atomic mass is 9.93. The van der Waals surface area contributed by atoms with Crippen LogP contribution in [0.2, 0.25) is 0 Å². The maximum Gasteiger partial charge on any atom is 0.305 e. The molecule has 0 spiro atoms. The molecule has 0 radical (unpaired) electrons. The molecule has 0 saturated carbocycles. The Kier molecular flexibility index (Phi) is 8.01. The number of hydrogen-bond acceptors (Lipinski definition) is 4. The van der Waals surface area contributed by atoms with Gasteiger partial charge in [0.1, 0.15) is 6.61 Å². The molecule has 1 N–H and O–H groups in total. The molecule has 0 aromatic rings. The van der Waals surface area contributed by atoms with Crippen molar-refractivity contribution < 1.29 is 14.3 Å². The number of nitrogens with one attached hydrogen (secondary N) is 1. The maximum absolute atomic E-state index is 11.5. The van der Waals surface area contributed by atoms with Gasteiger partial charge in [0.15, 0.2) is 0 Å². The molecule has 18 heavy (non-hydrogen) atoms. The lowest BCUT2D eigenvalue weighted by molar-refractivity contribution is -0.145. The molecular weight excluding hydrogens is 230 g/mol. The van der Waals surface area contributed by atoms with Crippen LogP contribution in [0.4, 0.5) is 0 Å². The Morgan fingerprint density at radius 1 is 1.28 bits per heavy atom. The number of hydrogen-bond donors (Lipinski definition) is 1. The van der Waals surface area contributed by atoms with Crippen molar-refractivity contribution >= 4 is 5.97 Å². The van der Waals surface area contributed by atoms with Crippen LogP contribution in [-0.4, -0.2) is 38.9 Å². The monoisotopic (exact) mass is 257 g/mol. The van der Waals surface area contributed by atoms with E-state index in [9.17, 15) is 4.79 Å². The number of carbonyl (C=O) groups excluding carboxylic acids is 1. The highest BCUT2D eigenvalue weighted by molar-refractivity contribution is 5.69. The van der Waals surface area contributed by atoms with E-state index >= 15 is 0 Å². The van der Waals surface area contributed by atoms with Crippen LogP contribution in [0, 0.1) is 11.8 Å². The largest absolute Gasteiger partial charge is 0.463 e. The predicted octanol–water partition coefficient (Wildman–Crippen LogP) is 1.98. The van der Waals surface area contributed by atoms with Crippen LogP contribution in [0.1, 0.15) is 39.5 Å². The quantitative estimate of drug-likeness (QED) is 0.533. The predicted molar refractivity (Wildman–Crippen MR) is 71.4 cm³/mol. The molecule has 1 heterocycles. The van der Waals surface area contributed by atoms with Gasteiger partial charge in [0.25, 0.3) is 0 Å². The summed E-state index contributed by atoms with van der Waals surface area (Å²) in [5.41, 5.74) is 0. The van der Waals surface area contributed by atoms with Gasteiger partial charge >= 0.3 is 5.97 Å². The second-order valence-corrected chi connectivity index (χ2v) is 5.42. The van der Waals surface area contributed by atoms with E-state index in [1.807, 2.05) is 0 Å². The first kappa shape index (κ1) is 15.4. The maximum atomic E-state index is 11.5. The van der Waals surface area contributed by atoms with E-state index in [1.54, 1.807) is 0 Å². The van der Waals surface area contributed by atoms with Crippen molar-refractivity contribution in [2.24, 2.45) is 11.8 Å². The Hall–Kier alpha value is -0.610. The molecule has 4 nitrogen and oxygen atoms in total. The van der Waals surface area contributed by atoms with Crippen LogP contribution >= 0.6 is 0 Å².